The maximum Gasteiger partial charge on any atom is 0.0104 e. The topological polar surface area (TPSA) is 0 Å². The van der Waals surface area contributed by atoms with Crippen molar-refractivity contribution in [2.75, 3.05) is 5.75 Å². The minimum Gasteiger partial charge on any atom is -0.126 e. The maximum atomic E-state index is 2.22. The summed E-state index contributed by atoms with van der Waals surface area (Å²) in [6, 6.07) is 6.58. The van der Waals surface area contributed by atoms with Crippen LogP contribution in [0.2, 0.25) is 0 Å². The summed E-state index contributed by atoms with van der Waals surface area (Å²) in [5.41, 5.74) is 2.94. The molecule has 66 valence electrons. The molecule has 0 spiro atoms. The number of thioether (sulfide) groups is 1. The van der Waals surface area contributed by atoms with Crippen LogP contribution in [0.3, 0.4) is 0 Å². The summed E-state index contributed by atoms with van der Waals surface area (Å²) in [4.78, 5) is 1.44. The van der Waals surface area contributed by atoms with Gasteiger partial charge in [0.25, 0.3) is 0 Å². The fourth-order valence-electron chi connectivity index (χ4n) is 1.35. The summed E-state index contributed by atoms with van der Waals surface area (Å²) >= 11 is 1.93. The molecule has 0 radical (unpaired) electrons. The standard InChI is InChI=1S/C11H16S/c1-4-10-7-6-8-11(9(10)3)12-5-2/h6-8H,4-5H2,1-3H3. The Morgan fingerprint density at radius 1 is 1.25 bits per heavy atom. The van der Waals surface area contributed by atoms with Crippen LogP contribution in [-0.2, 0) is 6.42 Å². The number of benzene rings is 1. The van der Waals surface area contributed by atoms with E-state index in [1.54, 1.807) is 0 Å². The molecule has 0 amide bonds. The van der Waals surface area contributed by atoms with Gasteiger partial charge in [-0.25, -0.2) is 0 Å². The van der Waals surface area contributed by atoms with E-state index < -0.39 is 0 Å². The van der Waals surface area contributed by atoms with Gasteiger partial charge >= 0.3 is 0 Å². The molecular weight excluding hydrogens is 164 g/mol. The minimum absolute atomic E-state index is 1.14. The molecule has 0 aliphatic heterocycles. The normalized spacial score (nSPS) is 10.2. The summed E-state index contributed by atoms with van der Waals surface area (Å²) < 4.78 is 0. The second-order valence-electron chi connectivity index (χ2n) is 2.83. The zero-order valence-corrected chi connectivity index (χ0v) is 8.87. The first-order valence-corrected chi connectivity index (χ1v) is 5.49. The average Bonchev–Trinajstić information content (AvgIpc) is 2.09. The molecule has 1 heteroatoms. The van der Waals surface area contributed by atoms with Gasteiger partial charge in [-0.15, -0.1) is 11.8 Å². The zero-order valence-electron chi connectivity index (χ0n) is 8.05. The highest BCUT2D eigenvalue weighted by Gasteiger charge is 2.00. The van der Waals surface area contributed by atoms with Crippen LogP contribution in [0.15, 0.2) is 23.1 Å². The zero-order chi connectivity index (χ0) is 8.97. The minimum atomic E-state index is 1.14. The van der Waals surface area contributed by atoms with E-state index in [2.05, 4.69) is 39.0 Å². The molecule has 0 aliphatic carbocycles. The molecule has 0 N–H and O–H groups in total. The molecule has 0 saturated carbocycles. The largest absolute Gasteiger partial charge is 0.126 e. The Bertz CT molecular complexity index is 253. The number of hydrogen-bond donors (Lipinski definition) is 0. The first kappa shape index (κ1) is 9.66. The maximum absolute atomic E-state index is 2.22. The van der Waals surface area contributed by atoms with Gasteiger partial charge in [-0.1, -0.05) is 26.0 Å². The summed E-state index contributed by atoms with van der Waals surface area (Å²) in [5.74, 6) is 1.16. The Balaban J connectivity index is 2.97. The molecule has 0 atom stereocenters. The second-order valence-corrected chi connectivity index (χ2v) is 4.13. The van der Waals surface area contributed by atoms with E-state index in [-0.39, 0.29) is 0 Å². The number of rotatable bonds is 3. The molecular formula is C11H16S. The van der Waals surface area contributed by atoms with Crippen molar-refractivity contribution in [3.8, 4) is 0 Å². The lowest BCUT2D eigenvalue weighted by Crippen LogP contribution is -1.88. The lowest BCUT2D eigenvalue weighted by molar-refractivity contribution is 1.08. The summed E-state index contributed by atoms with van der Waals surface area (Å²) in [6.45, 7) is 6.63. The molecule has 12 heavy (non-hydrogen) atoms. The van der Waals surface area contributed by atoms with E-state index >= 15 is 0 Å². The Labute approximate surface area is 79.4 Å². The summed E-state index contributed by atoms with van der Waals surface area (Å²) in [6.07, 6.45) is 1.14. The van der Waals surface area contributed by atoms with Gasteiger partial charge in [0.1, 0.15) is 0 Å². The monoisotopic (exact) mass is 180 g/mol. The van der Waals surface area contributed by atoms with E-state index in [9.17, 15) is 0 Å². The van der Waals surface area contributed by atoms with E-state index in [0.717, 1.165) is 12.2 Å². The van der Waals surface area contributed by atoms with Crippen LogP contribution in [0.1, 0.15) is 25.0 Å². The lowest BCUT2D eigenvalue weighted by Gasteiger charge is -2.07. The van der Waals surface area contributed by atoms with E-state index in [0.29, 0.717) is 0 Å². The lowest BCUT2D eigenvalue weighted by atomic mass is 10.1. The van der Waals surface area contributed by atoms with Crippen molar-refractivity contribution in [1.82, 2.24) is 0 Å². The number of aryl methyl sites for hydroxylation is 1. The van der Waals surface area contributed by atoms with Gasteiger partial charge in [0.05, 0.1) is 0 Å². The van der Waals surface area contributed by atoms with Gasteiger partial charge in [-0.05, 0) is 36.3 Å². The van der Waals surface area contributed by atoms with Gasteiger partial charge < -0.3 is 0 Å². The van der Waals surface area contributed by atoms with Crippen molar-refractivity contribution in [3.05, 3.63) is 29.3 Å². The smallest absolute Gasteiger partial charge is 0.0104 e. The van der Waals surface area contributed by atoms with Gasteiger partial charge in [-0.2, -0.15) is 0 Å². The Hall–Kier alpha value is -0.430. The van der Waals surface area contributed by atoms with Crippen LogP contribution < -0.4 is 0 Å². The van der Waals surface area contributed by atoms with Crippen molar-refractivity contribution < 1.29 is 0 Å². The van der Waals surface area contributed by atoms with Crippen molar-refractivity contribution in [2.45, 2.75) is 32.1 Å². The van der Waals surface area contributed by atoms with Crippen LogP contribution >= 0.6 is 11.8 Å². The van der Waals surface area contributed by atoms with E-state index in [4.69, 9.17) is 0 Å². The van der Waals surface area contributed by atoms with Crippen LogP contribution in [0.25, 0.3) is 0 Å². The van der Waals surface area contributed by atoms with Gasteiger partial charge in [-0.3, -0.25) is 0 Å². The Morgan fingerprint density at radius 3 is 2.58 bits per heavy atom. The van der Waals surface area contributed by atoms with Crippen LogP contribution in [0, 0.1) is 6.92 Å². The first-order valence-electron chi connectivity index (χ1n) is 4.50. The SMILES string of the molecule is CCSc1cccc(CC)c1C. The Kier molecular flexibility index (Phi) is 3.67. The third-order valence-electron chi connectivity index (χ3n) is 2.08. The van der Waals surface area contributed by atoms with E-state index in [1.807, 2.05) is 11.8 Å². The molecule has 0 heterocycles. The van der Waals surface area contributed by atoms with Crippen LogP contribution in [0.4, 0.5) is 0 Å². The molecule has 1 aromatic carbocycles. The molecule has 0 aromatic heterocycles. The quantitative estimate of drug-likeness (QED) is 0.640. The van der Waals surface area contributed by atoms with Crippen LogP contribution in [0.5, 0.6) is 0 Å². The molecule has 0 nitrogen and oxygen atoms in total. The van der Waals surface area contributed by atoms with E-state index in [1.165, 1.54) is 16.0 Å². The molecule has 0 fully saturated rings. The van der Waals surface area contributed by atoms with Gasteiger partial charge in [0.15, 0.2) is 0 Å². The summed E-state index contributed by atoms with van der Waals surface area (Å²) in [5, 5.41) is 0. The number of hydrogen-bond acceptors (Lipinski definition) is 1. The first-order chi connectivity index (χ1) is 5.79. The highest BCUT2D eigenvalue weighted by Crippen LogP contribution is 2.24. The third kappa shape index (κ3) is 2.04. The van der Waals surface area contributed by atoms with Crippen molar-refractivity contribution in [1.29, 1.82) is 0 Å². The van der Waals surface area contributed by atoms with Crippen LogP contribution in [-0.4, -0.2) is 5.75 Å². The Morgan fingerprint density at radius 2 is 2.00 bits per heavy atom. The molecule has 0 saturated heterocycles. The fraction of sp³-hybridized carbons (Fsp3) is 0.455. The predicted molar refractivity (Wildman–Crippen MR) is 57.0 cm³/mol. The highest BCUT2D eigenvalue weighted by atomic mass is 32.2. The molecule has 1 aromatic rings. The predicted octanol–water partition coefficient (Wildman–Crippen LogP) is 3.67. The van der Waals surface area contributed by atoms with Crippen molar-refractivity contribution in [2.24, 2.45) is 0 Å². The van der Waals surface area contributed by atoms with Crippen molar-refractivity contribution >= 4 is 11.8 Å². The van der Waals surface area contributed by atoms with Gasteiger partial charge in [0.2, 0.25) is 0 Å². The average molecular weight is 180 g/mol. The molecule has 1 rings (SSSR count). The second kappa shape index (κ2) is 4.56. The van der Waals surface area contributed by atoms with Crippen molar-refractivity contribution in [3.63, 3.8) is 0 Å². The van der Waals surface area contributed by atoms with Gasteiger partial charge in [0, 0.05) is 4.90 Å². The highest BCUT2D eigenvalue weighted by molar-refractivity contribution is 7.99. The third-order valence-corrected chi connectivity index (χ3v) is 3.12. The summed E-state index contributed by atoms with van der Waals surface area (Å²) in [7, 11) is 0. The molecule has 0 unspecified atom stereocenters. The fourth-order valence-corrected chi connectivity index (χ4v) is 2.19. The molecule has 0 aliphatic rings. The molecule has 0 bridgehead atoms.